The SMILES string of the molecule is CCN(CC)c1ccc(Nc2ccc(CNC(=O)C3CNC(=O)C3)cc2)cc1Cl. The molecule has 1 fully saturated rings. The number of carbonyl (C=O) groups excluding carboxylic acids is 2. The van der Waals surface area contributed by atoms with Crippen LogP contribution in [0.3, 0.4) is 0 Å². The molecule has 2 amide bonds. The number of hydrogen-bond donors (Lipinski definition) is 3. The second-order valence-corrected chi connectivity index (χ2v) is 7.49. The van der Waals surface area contributed by atoms with Crippen LogP contribution in [0.1, 0.15) is 25.8 Å². The molecule has 0 radical (unpaired) electrons. The van der Waals surface area contributed by atoms with Gasteiger partial charge in [-0.1, -0.05) is 23.7 Å². The van der Waals surface area contributed by atoms with Crippen LogP contribution in [0.5, 0.6) is 0 Å². The van der Waals surface area contributed by atoms with Gasteiger partial charge in [0.1, 0.15) is 0 Å². The van der Waals surface area contributed by atoms with Crippen LogP contribution < -0.4 is 20.9 Å². The Hall–Kier alpha value is -2.73. The molecular weight excluding hydrogens is 388 g/mol. The maximum absolute atomic E-state index is 12.1. The van der Waals surface area contributed by atoms with E-state index in [2.05, 4.69) is 34.7 Å². The van der Waals surface area contributed by atoms with E-state index in [9.17, 15) is 9.59 Å². The molecule has 1 aliphatic rings. The number of nitrogens with zero attached hydrogens (tertiary/aromatic N) is 1. The zero-order chi connectivity index (χ0) is 20.8. The highest BCUT2D eigenvalue weighted by atomic mass is 35.5. The van der Waals surface area contributed by atoms with E-state index in [0.29, 0.717) is 13.1 Å². The van der Waals surface area contributed by atoms with E-state index in [0.717, 1.165) is 40.7 Å². The lowest BCUT2D eigenvalue weighted by atomic mass is 10.1. The predicted molar refractivity (Wildman–Crippen MR) is 118 cm³/mol. The van der Waals surface area contributed by atoms with E-state index < -0.39 is 0 Å². The average Bonchev–Trinajstić information content (AvgIpc) is 3.16. The van der Waals surface area contributed by atoms with Gasteiger partial charge in [-0.3, -0.25) is 9.59 Å². The zero-order valence-corrected chi connectivity index (χ0v) is 17.6. The van der Waals surface area contributed by atoms with Crippen LogP contribution in [0.15, 0.2) is 42.5 Å². The molecule has 0 aromatic heterocycles. The van der Waals surface area contributed by atoms with Gasteiger partial charge in [-0.25, -0.2) is 0 Å². The standard InChI is InChI=1S/C22H27ClN4O2/c1-3-27(4-2)20-10-9-18(12-19(20)23)26-17-7-5-15(6-8-17)13-25-22(29)16-11-21(28)24-14-16/h5-10,12,16,26H,3-4,11,13-14H2,1-2H3,(H,24,28)(H,25,29). The lowest BCUT2D eigenvalue weighted by Gasteiger charge is -2.22. The van der Waals surface area contributed by atoms with Gasteiger partial charge in [0.25, 0.3) is 0 Å². The van der Waals surface area contributed by atoms with Crippen molar-refractivity contribution < 1.29 is 9.59 Å². The molecule has 0 aliphatic carbocycles. The third-order valence-electron chi connectivity index (χ3n) is 5.11. The summed E-state index contributed by atoms with van der Waals surface area (Å²) in [7, 11) is 0. The number of amides is 2. The fraction of sp³-hybridized carbons (Fsp3) is 0.364. The maximum atomic E-state index is 12.1. The van der Waals surface area contributed by atoms with Crippen molar-refractivity contribution in [3.63, 3.8) is 0 Å². The summed E-state index contributed by atoms with van der Waals surface area (Å²) in [5.41, 5.74) is 3.89. The largest absolute Gasteiger partial charge is 0.371 e. The molecule has 6 nitrogen and oxygen atoms in total. The molecule has 7 heteroatoms. The Labute approximate surface area is 176 Å². The van der Waals surface area contributed by atoms with Crippen molar-refractivity contribution in [1.29, 1.82) is 0 Å². The Morgan fingerprint density at radius 1 is 1.14 bits per heavy atom. The summed E-state index contributed by atoms with van der Waals surface area (Å²) < 4.78 is 0. The quantitative estimate of drug-likeness (QED) is 0.616. The van der Waals surface area contributed by atoms with Crippen molar-refractivity contribution >= 4 is 40.5 Å². The number of rotatable bonds is 8. The van der Waals surface area contributed by atoms with Gasteiger partial charge in [-0.15, -0.1) is 0 Å². The highest BCUT2D eigenvalue weighted by molar-refractivity contribution is 6.33. The first-order valence-electron chi connectivity index (χ1n) is 9.95. The highest BCUT2D eigenvalue weighted by Gasteiger charge is 2.27. The molecule has 2 aromatic carbocycles. The summed E-state index contributed by atoms with van der Waals surface area (Å²) in [5.74, 6) is -0.424. The van der Waals surface area contributed by atoms with Crippen molar-refractivity contribution in [2.24, 2.45) is 5.92 Å². The van der Waals surface area contributed by atoms with Gasteiger partial charge in [0.15, 0.2) is 0 Å². The molecule has 1 unspecified atom stereocenters. The molecule has 0 spiro atoms. The maximum Gasteiger partial charge on any atom is 0.225 e. The topological polar surface area (TPSA) is 73.5 Å². The minimum Gasteiger partial charge on any atom is -0.371 e. The fourth-order valence-electron chi connectivity index (χ4n) is 3.40. The summed E-state index contributed by atoms with van der Waals surface area (Å²) >= 11 is 6.46. The molecule has 1 aliphatic heterocycles. The molecule has 154 valence electrons. The molecule has 3 N–H and O–H groups in total. The molecule has 1 atom stereocenters. The lowest BCUT2D eigenvalue weighted by Crippen LogP contribution is -2.31. The third kappa shape index (κ3) is 5.41. The zero-order valence-electron chi connectivity index (χ0n) is 16.8. The van der Waals surface area contributed by atoms with Crippen LogP contribution in [0, 0.1) is 5.92 Å². The Balaban J connectivity index is 1.56. The number of nitrogens with one attached hydrogen (secondary N) is 3. The van der Waals surface area contributed by atoms with Gasteiger partial charge < -0.3 is 20.9 Å². The molecule has 29 heavy (non-hydrogen) atoms. The summed E-state index contributed by atoms with van der Waals surface area (Å²) in [4.78, 5) is 25.5. The van der Waals surface area contributed by atoms with Gasteiger partial charge in [0.05, 0.1) is 16.6 Å². The van der Waals surface area contributed by atoms with Crippen molar-refractivity contribution in [2.45, 2.75) is 26.8 Å². The number of anilines is 3. The van der Waals surface area contributed by atoms with Crippen LogP contribution in [0.4, 0.5) is 17.1 Å². The Morgan fingerprint density at radius 2 is 1.83 bits per heavy atom. The van der Waals surface area contributed by atoms with E-state index in [1.54, 1.807) is 0 Å². The smallest absolute Gasteiger partial charge is 0.225 e. The lowest BCUT2D eigenvalue weighted by molar-refractivity contribution is -0.126. The Kier molecular flexibility index (Phi) is 6.99. The van der Waals surface area contributed by atoms with Gasteiger partial charge in [0, 0.05) is 44.0 Å². The molecule has 0 saturated carbocycles. The normalized spacial score (nSPS) is 15.7. The van der Waals surface area contributed by atoms with Crippen LogP contribution in [-0.2, 0) is 16.1 Å². The van der Waals surface area contributed by atoms with Gasteiger partial charge in [-0.05, 0) is 49.7 Å². The van der Waals surface area contributed by atoms with Gasteiger partial charge in [0.2, 0.25) is 11.8 Å². The van der Waals surface area contributed by atoms with E-state index in [1.807, 2.05) is 42.5 Å². The van der Waals surface area contributed by atoms with Gasteiger partial charge >= 0.3 is 0 Å². The van der Waals surface area contributed by atoms with E-state index in [4.69, 9.17) is 11.6 Å². The summed E-state index contributed by atoms with van der Waals surface area (Å²) in [5, 5.41) is 9.64. The van der Waals surface area contributed by atoms with E-state index in [1.165, 1.54) is 0 Å². The second kappa shape index (κ2) is 9.65. The number of carbonyl (C=O) groups is 2. The average molecular weight is 415 g/mol. The first-order valence-corrected chi connectivity index (χ1v) is 10.3. The third-order valence-corrected chi connectivity index (χ3v) is 5.41. The monoisotopic (exact) mass is 414 g/mol. The van der Waals surface area contributed by atoms with E-state index >= 15 is 0 Å². The molecule has 2 aromatic rings. The van der Waals surface area contributed by atoms with Crippen molar-refractivity contribution in [1.82, 2.24) is 10.6 Å². The molecule has 1 saturated heterocycles. The van der Waals surface area contributed by atoms with Crippen molar-refractivity contribution in [3.8, 4) is 0 Å². The van der Waals surface area contributed by atoms with Crippen molar-refractivity contribution in [3.05, 3.63) is 53.1 Å². The minimum absolute atomic E-state index is 0.0641. The molecule has 1 heterocycles. The molecule has 0 bridgehead atoms. The Bertz CT molecular complexity index is 866. The minimum atomic E-state index is -0.271. The van der Waals surface area contributed by atoms with Gasteiger partial charge in [-0.2, -0.15) is 0 Å². The molecular formula is C22H27ClN4O2. The van der Waals surface area contributed by atoms with Crippen LogP contribution >= 0.6 is 11.6 Å². The van der Waals surface area contributed by atoms with Crippen molar-refractivity contribution in [2.75, 3.05) is 29.9 Å². The van der Waals surface area contributed by atoms with Crippen LogP contribution in [-0.4, -0.2) is 31.4 Å². The van der Waals surface area contributed by atoms with E-state index in [-0.39, 0.29) is 24.2 Å². The fourth-order valence-corrected chi connectivity index (χ4v) is 3.70. The number of hydrogen-bond acceptors (Lipinski definition) is 4. The predicted octanol–water partition coefficient (Wildman–Crippen LogP) is 3.68. The second-order valence-electron chi connectivity index (χ2n) is 7.08. The highest BCUT2D eigenvalue weighted by Crippen LogP contribution is 2.30. The Morgan fingerprint density at radius 3 is 2.41 bits per heavy atom. The number of benzene rings is 2. The van der Waals surface area contributed by atoms with Crippen LogP contribution in [0.25, 0.3) is 0 Å². The summed E-state index contributed by atoms with van der Waals surface area (Å²) in [6.45, 7) is 6.90. The first kappa shape index (κ1) is 21.0. The summed E-state index contributed by atoms with van der Waals surface area (Å²) in [6.07, 6.45) is 0.268. The summed E-state index contributed by atoms with van der Waals surface area (Å²) in [6, 6.07) is 13.8. The number of halogens is 1. The van der Waals surface area contributed by atoms with Crippen LogP contribution in [0.2, 0.25) is 5.02 Å². The first-order chi connectivity index (χ1) is 14.0. The molecule has 3 rings (SSSR count).